The van der Waals surface area contributed by atoms with Gasteiger partial charge in [0.05, 0.1) is 34.5 Å². The van der Waals surface area contributed by atoms with Crippen LogP contribution in [0.25, 0.3) is 22.6 Å². The van der Waals surface area contributed by atoms with Gasteiger partial charge in [-0.3, -0.25) is 14.2 Å². The van der Waals surface area contributed by atoms with Gasteiger partial charge in [-0.25, -0.2) is 9.50 Å². The van der Waals surface area contributed by atoms with E-state index in [4.69, 9.17) is 4.98 Å². The third kappa shape index (κ3) is 3.01. The maximum Gasteiger partial charge on any atom is 0.258 e. The van der Waals surface area contributed by atoms with E-state index in [0.717, 1.165) is 48.8 Å². The minimum Gasteiger partial charge on any atom is -0.370 e. The molecule has 6 heterocycles. The molecule has 8 nitrogen and oxygen atoms in total. The molecule has 4 aromatic heterocycles. The molecule has 2 aliphatic rings. The molecule has 2 fully saturated rings. The van der Waals surface area contributed by atoms with Crippen LogP contribution in [-0.4, -0.2) is 50.2 Å². The van der Waals surface area contributed by atoms with E-state index < -0.39 is 0 Å². The minimum absolute atomic E-state index is 0.0959. The highest BCUT2D eigenvalue weighted by atomic mass is 16.1. The highest BCUT2D eigenvalue weighted by Gasteiger charge is 2.40. The lowest BCUT2D eigenvalue weighted by molar-refractivity contribution is 0.369. The van der Waals surface area contributed by atoms with Gasteiger partial charge >= 0.3 is 0 Å². The molecule has 1 unspecified atom stereocenters. The second kappa shape index (κ2) is 6.62. The molecule has 6 rings (SSSR count). The lowest BCUT2D eigenvalue weighted by Gasteiger charge is -2.24. The van der Waals surface area contributed by atoms with E-state index in [1.54, 1.807) is 15.0 Å². The molecule has 0 saturated carbocycles. The maximum absolute atomic E-state index is 13.0. The van der Waals surface area contributed by atoms with Gasteiger partial charge in [-0.1, -0.05) is 0 Å². The van der Waals surface area contributed by atoms with Crippen molar-refractivity contribution in [3.63, 3.8) is 0 Å². The number of nitrogens with zero attached hydrogens (tertiary/aromatic N) is 6. The van der Waals surface area contributed by atoms with E-state index in [9.17, 15) is 4.79 Å². The normalized spacial score (nSPS) is 21.2. The van der Waals surface area contributed by atoms with Gasteiger partial charge in [0.1, 0.15) is 11.3 Å². The Morgan fingerprint density at radius 1 is 1.06 bits per heavy atom. The Morgan fingerprint density at radius 2 is 1.97 bits per heavy atom. The Hall–Kier alpha value is -3.26. The fourth-order valence-electron chi connectivity index (χ4n) is 5.13. The summed E-state index contributed by atoms with van der Waals surface area (Å²) in [5.41, 5.74) is 5.98. The number of aryl methyl sites for hydroxylation is 2. The minimum atomic E-state index is -0.0959. The summed E-state index contributed by atoms with van der Waals surface area (Å²) in [6.07, 6.45) is 6.24. The Kier molecular flexibility index (Phi) is 3.95. The van der Waals surface area contributed by atoms with Crippen LogP contribution >= 0.6 is 0 Å². The first kappa shape index (κ1) is 18.5. The number of aromatic nitrogens is 5. The molecular formula is C23H25N7O. The van der Waals surface area contributed by atoms with Crippen LogP contribution in [0.2, 0.25) is 0 Å². The zero-order valence-corrected chi connectivity index (χ0v) is 17.8. The highest BCUT2D eigenvalue weighted by molar-refractivity contribution is 5.66. The summed E-state index contributed by atoms with van der Waals surface area (Å²) >= 11 is 0. The van der Waals surface area contributed by atoms with E-state index in [2.05, 4.69) is 26.4 Å². The van der Waals surface area contributed by atoms with Gasteiger partial charge in [-0.15, -0.1) is 0 Å². The fourth-order valence-corrected chi connectivity index (χ4v) is 5.13. The van der Waals surface area contributed by atoms with Crippen molar-refractivity contribution in [2.75, 3.05) is 31.1 Å². The van der Waals surface area contributed by atoms with Crippen molar-refractivity contribution in [2.24, 2.45) is 5.41 Å². The SMILES string of the molecule is Cc1cn2nc(-c3cc(=O)n4cc(N5CCC6(CCNC6)C5)ccc4n3)cc2c(C)n1. The van der Waals surface area contributed by atoms with Gasteiger partial charge in [0.25, 0.3) is 5.56 Å². The van der Waals surface area contributed by atoms with Gasteiger partial charge in [0.15, 0.2) is 0 Å². The number of hydrogen-bond acceptors (Lipinski definition) is 6. The zero-order chi connectivity index (χ0) is 21.2. The van der Waals surface area contributed by atoms with Gasteiger partial charge in [-0.05, 0) is 51.4 Å². The molecule has 1 N–H and O–H groups in total. The third-order valence-electron chi connectivity index (χ3n) is 6.80. The van der Waals surface area contributed by atoms with Crippen LogP contribution in [0.4, 0.5) is 5.69 Å². The number of pyridine rings is 1. The standard InChI is InChI=1S/C23H25N7O/c1-15-11-30-20(16(2)25-15)9-19(27-30)18-10-22(31)29-12-17(3-4-21(29)26-18)28-8-6-23(14-28)5-7-24-13-23/h3-4,9-12,24H,5-8,13-14H2,1-2H3. The van der Waals surface area contributed by atoms with Crippen molar-refractivity contribution < 1.29 is 0 Å². The first-order valence-corrected chi connectivity index (χ1v) is 10.8. The molecular weight excluding hydrogens is 390 g/mol. The molecule has 0 amide bonds. The third-order valence-corrected chi connectivity index (χ3v) is 6.80. The van der Waals surface area contributed by atoms with Crippen molar-refractivity contribution in [1.29, 1.82) is 0 Å². The van der Waals surface area contributed by atoms with Crippen molar-refractivity contribution in [3.05, 3.63) is 58.4 Å². The first-order chi connectivity index (χ1) is 15.0. The van der Waals surface area contributed by atoms with E-state index in [0.29, 0.717) is 22.5 Å². The van der Waals surface area contributed by atoms with Gasteiger partial charge in [0, 0.05) is 37.3 Å². The Bertz CT molecular complexity index is 1380. The van der Waals surface area contributed by atoms with Gasteiger partial charge < -0.3 is 10.2 Å². The largest absolute Gasteiger partial charge is 0.370 e. The molecule has 0 radical (unpaired) electrons. The number of anilines is 1. The summed E-state index contributed by atoms with van der Waals surface area (Å²) < 4.78 is 3.45. The van der Waals surface area contributed by atoms with Crippen LogP contribution in [0.1, 0.15) is 24.2 Å². The highest BCUT2D eigenvalue weighted by Crippen LogP contribution is 2.38. The quantitative estimate of drug-likeness (QED) is 0.541. The number of fused-ring (bicyclic) bond motifs is 2. The fraction of sp³-hybridized carbons (Fsp3) is 0.391. The summed E-state index contributed by atoms with van der Waals surface area (Å²) in [5.74, 6) is 0. The van der Waals surface area contributed by atoms with E-state index >= 15 is 0 Å². The van der Waals surface area contributed by atoms with Gasteiger partial charge in [0.2, 0.25) is 0 Å². The van der Waals surface area contributed by atoms with Crippen molar-refractivity contribution in [3.8, 4) is 11.4 Å². The van der Waals surface area contributed by atoms with Crippen molar-refractivity contribution >= 4 is 16.9 Å². The lowest BCUT2D eigenvalue weighted by atomic mass is 9.86. The maximum atomic E-state index is 13.0. The lowest BCUT2D eigenvalue weighted by Crippen LogP contribution is -2.29. The molecule has 1 atom stereocenters. The van der Waals surface area contributed by atoms with Crippen LogP contribution in [0.5, 0.6) is 0 Å². The summed E-state index contributed by atoms with van der Waals surface area (Å²) in [6, 6.07) is 7.52. The summed E-state index contributed by atoms with van der Waals surface area (Å²) in [6.45, 7) is 8.17. The molecule has 0 aromatic carbocycles. The van der Waals surface area contributed by atoms with Crippen LogP contribution in [-0.2, 0) is 0 Å². The van der Waals surface area contributed by atoms with Crippen molar-refractivity contribution in [1.82, 2.24) is 29.3 Å². The molecule has 158 valence electrons. The zero-order valence-electron chi connectivity index (χ0n) is 17.8. The first-order valence-electron chi connectivity index (χ1n) is 10.8. The average molecular weight is 416 g/mol. The Labute approximate surface area is 179 Å². The number of rotatable bonds is 2. The van der Waals surface area contributed by atoms with E-state index in [-0.39, 0.29) is 5.56 Å². The van der Waals surface area contributed by atoms with E-state index in [1.807, 2.05) is 38.4 Å². The van der Waals surface area contributed by atoms with Crippen LogP contribution < -0.4 is 15.8 Å². The number of hydrogen-bond donors (Lipinski definition) is 1. The summed E-state index contributed by atoms with van der Waals surface area (Å²) in [4.78, 5) is 24.6. The monoisotopic (exact) mass is 415 g/mol. The molecule has 31 heavy (non-hydrogen) atoms. The molecule has 8 heteroatoms. The van der Waals surface area contributed by atoms with Crippen LogP contribution in [0.15, 0.2) is 41.5 Å². The molecule has 1 spiro atoms. The molecule has 2 aliphatic heterocycles. The summed E-state index contributed by atoms with van der Waals surface area (Å²) in [7, 11) is 0. The van der Waals surface area contributed by atoms with Crippen LogP contribution in [0, 0.1) is 19.3 Å². The second-order valence-electron chi connectivity index (χ2n) is 9.02. The number of nitrogens with one attached hydrogen (secondary N) is 1. The van der Waals surface area contributed by atoms with E-state index in [1.165, 1.54) is 12.8 Å². The summed E-state index contributed by atoms with van der Waals surface area (Å²) in [5, 5.41) is 8.13. The van der Waals surface area contributed by atoms with Crippen molar-refractivity contribution in [2.45, 2.75) is 26.7 Å². The molecule has 2 saturated heterocycles. The predicted molar refractivity (Wildman–Crippen MR) is 120 cm³/mol. The Morgan fingerprint density at radius 3 is 2.81 bits per heavy atom. The molecule has 0 bridgehead atoms. The molecule has 0 aliphatic carbocycles. The van der Waals surface area contributed by atoms with Crippen LogP contribution in [0.3, 0.4) is 0 Å². The predicted octanol–water partition coefficient (Wildman–Crippen LogP) is 2.21. The average Bonchev–Trinajstić information content (AvgIpc) is 3.48. The topological polar surface area (TPSA) is 79.8 Å². The smallest absolute Gasteiger partial charge is 0.258 e. The molecule has 4 aromatic rings. The Balaban J connectivity index is 1.38. The second-order valence-corrected chi connectivity index (χ2v) is 9.02. The van der Waals surface area contributed by atoms with Gasteiger partial charge in [-0.2, -0.15) is 5.10 Å².